The Balaban J connectivity index is 2.07. The smallest absolute Gasteiger partial charge is 0.162 e. The van der Waals surface area contributed by atoms with E-state index in [1.54, 1.807) is 6.07 Å². The molecule has 19 heavy (non-hydrogen) atoms. The van der Waals surface area contributed by atoms with Gasteiger partial charge in [0, 0.05) is 24.7 Å². The summed E-state index contributed by atoms with van der Waals surface area (Å²) in [6.07, 6.45) is 2.55. The van der Waals surface area contributed by atoms with E-state index in [-0.39, 0.29) is 5.75 Å². The fourth-order valence-corrected chi connectivity index (χ4v) is 2.57. The number of nitrogens with two attached hydrogens (primary N) is 1. The summed E-state index contributed by atoms with van der Waals surface area (Å²) in [7, 11) is 2.07. The van der Waals surface area contributed by atoms with E-state index in [1.165, 1.54) is 12.8 Å². The van der Waals surface area contributed by atoms with Crippen LogP contribution in [0.4, 0.5) is 0 Å². The van der Waals surface area contributed by atoms with Crippen LogP contribution in [0.1, 0.15) is 25.3 Å². The number of likely N-dealkylation sites (N-methyl/N-ethyl adjacent to an activating group) is 1. The van der Waals surface area contributed by atoms with E-state index >= 15 is 0 Å². The van der Waals surface area contributed by atoms with Crippen LogP contribution in [0, 0.1) is 5.92 Å². The Morgan fingerprint density at radius 1 is 1.47 bits per heavy atom. The molecular formula is C15H24N2O2. The first kappa shape index (κ1) is 14.2. The monoisotopic (exact) mass is 264 g/mol. The minimum atomic E-state index is 0.253. The maximum atomic E-state index is 10.2. The van der Waals surface area contributed by atoms with Crippen molar-refractivity contribution in [2.24, 2.45) is 11.7 Å². The van der Waals surface area contributed by atoms with Gasteiger partial charge in [0.1, 0.15) is 0 Å². The fraction of sp³-hybridized carbons (Fsp3) is 0.600. The normalized spacial score (nSPS) is 16.6. The highest BCUT2D eigenvalue weighted by atomic mass is 16.5. The van der Waals surface area contributed by atoms with Crippen LogP contribution < -0.4 is 10.5 Å². The van der Waals surface area contributed by atoms with E-state index in [1.807, 2.05) is 19.1 Å². The summed E-state index contributed by atoms with van der Waals surface area (Å²) in [4.78, 5) is 2.24. The molecule has 0 heterocycles. The number of aromatic hydroxyl groups is 1. The number of ether oxygens (including phenoxy) is 1. The molecule has 0 aromatic heterocycles. The predicted octanol–water partition coefficient (Wildman–Crippen LogP) is 1.96. The van der Waals surface area contributed by atoms with Gasteiger partial charge in [-0.15, -0.1) is 0 Å². The molecule has 0 radical (unpaired) electrons. The Hall–Kier alpha value is -1.26. The highest BCUT2D eigenvalue weighted by molar-refractivity contribution is 5.45. The lowest BCUT2D eigenvalue weighted by molar-refractivity contribution is 0.212. The van der Waals surface area contributed by atoms with Gasteiger partial charge in [0.25, 0.3) is 0 Å². The summed E-state index contributed by atoms with van der Waals surface area (Å²) in [5, 5.41) is 10.2. The molecule has 0 amide bonds. The average molecular weight is 264 g/mol. The van der Waals surface area contributed by atoms with Crippen LogP contribution in [0.3, 0.4) is 0 Å². The third-order valence-electron chi connectivity index (χ3n) is 3.78. The first-order chi connectivity index (χ1) is 9.17. The Morgan fingerprint density at radius 2 is 2.21 bits per heavy atom. The zero-order chi connectivity index (χ0) is 13.8. The second kappa shape index (κ2) is 6.26. The number of phenols is 1. The quantitative estimate of drug-likeness (QED) is 0.790. The van der Waals surface area contributed by atoms with E-state index in [0.717, 1.165) is 11.5 Å². The van der Waals surface area contributed by atoms with Crippen molar-refractivity contribution in [3.8, 4) is 11.5 Å². The van der Waals surface area contributed by atoms with Crippen LogP contribution in [-0.2, 0) is 6.54 Å². The van der Waals surface area contributed by atoms with Crippen molar-refractivity contribution in [2.45, 2.75) is 32.4 Å². The highest BCUT2D eigenvalue weighted by Gasteiger charge is 2.33. The first-order valence-corrected chi connectivity index (χ1v) is 7.01. The van der Waals surface area contributed by atoms with Crippen molar-refractivity contribution < 1.29 is 9.84 Å². The molecule has 0 bridgehead atoms. The summed E-state index contributed by atoms with van der Waals surface area (Å²) in [6.45, 7) is 3.84. The third kappa shape index (κ3) is 3.39. The number of hydrogen-bond acceptors (Lipinski definition) is 4. The molecule has 4 heteroatoms. The molecule has 1 aliphatic carbocycles. The number of rotatable bonds is 7. The maximum Gasteiger partial charge on any atom is 0.162 e. The van der Waals surface area contributed by atoms with Gasteiger partial charge in [-0.2, -0.15) is 0 Å². The summed E-state index contributed by atoms with van der Waals surface area (Å²) >= 11 is 0. The second-order valence-electron chi connectivity index (χ2n) is 5.25. The zero-order valence-electron chi connectivity index (χ0n) is 11.8. The van der Waals surface area contributed by atoms with Crippen molar-refractivity contribution in [3.63, 3.8) is 0 Å². The summed E-state index contributed by atoms with van der Waals surface area (Å²) < 4.78 is 5.41. The molecule has 1 fully saturated rings. The Bertz CT molecular complexity index is 419. The van der Waals surface area contributed by atoms with E-state index in [2.05, 4.69) is 11.9 Å². The van der Waals surface area contributed by atoms with Crippen LogP contribution in [0.25, 0.3) is 0 Å². The zero-order valence-corrected chi connectivity index (χ0v) is 11.8. The van der Waals surface area contributed by atoms with Crippen LogP contribution in [0.2, 0.25) is 0 Å². The van der Waals surface area contributed by atoms with Gasteiger partial charge in [-0.25, -0.2) is 0 Å². The predicted molar refractivity (Wildman–Crippen MR) is 76.3 cm³/mol. The lowest BCUT2D eigenvalue weighted by Crippen LogP contribution is -2.39. The van der Waals surface area contributed by atoms with Gasteiger partial charge >= 0.3 is 0 Å². The summed E-state index contributed by atoms with van der Waals surface area (Å²) in [5.41, 5.74) is 6.75. The molecule has 3 N–H and O–H groups in total. The topological polar surface area (TPSA) is 58.7 Å². The maximum absolute atomic E-state index is 10.2. The SMILES string of the molecule is CCOc1cccc(CN(C)C(CN)C2CC2)c1O. The summed E-state index contributed by atoms with van der Waals surface area (Å²) in [5.74, 6) is 1.54. The molecule has 1 saturated carbocycles. The number of para-hydroxylation sites is 1. The number of hydrogen-bond donors (Lipinski definition) is 2. The van der Waals surface area contributed by atoms with Gasteiger partial charge in [0.15, 0.2) is 11.5 Å². The lowest BCUT2D eigenvalue weighted by atomic mass is 10.1. The standard InChI is InChI=1S/C15H24N2O2/c1-3-19-14-6-4-5-12(15(14)18)10-17(2)13(9-16)11-7-8-11/h4-6,11,13,18H,3,7-10,16H2,1-2H3. The van der Waals surface area contributed by atoms with Gasteiger partial charge in [-0.3, -0.25) is 4.90 Å². The van der Waals surface area contributed by atoms with E-state index in [9.17, 15) is 5.11 Å². The molecule has 0 spiro atoms. The Kier molecular flexibility index (Phi) is 4.66. The van der Waals surface area contributed by atoms with Crippen molar-refractivity contribution in [3.05, 3.63) is 23.8 Å². The number of phenolic OH excluding ortho intramolecular Hbond substituents is 1. The Labute approximate surface area is 115 Å². The van der Waals surface area contributed by atoms with Crippen LogP contribution in [0.15, 0.2) is 18.2 Å². The van der Waals surface area contributed by atoms with Gasteiger partial charge in [0.2, 0.25) is 0 Å². The molecule has 2 rings (SSSR count). The van der Waals surface area contributed by atoms with Crippen LogP contribution >= 0.6 is 0 Å². The first-order valence-electron chi connectivity index (χ1n) is 7.01. The molecule has 1 aliphatic rings. The largest absolute Gasteiger partial charge is 0.504 e. The van der Waals surface area contributed by atoms with Gasteiger partial charge < -0.3 is 15.6 Å². The third-order valence-corrected chi connectivity index (χ3v) is 3.78. The highest BCUT2D eigenvalue weighted by Crippen LogP contribution is 2.36. The van der Waals surface area contributed by atoms with Crippen molar-refractivity contribution in [2.75, 3.05) is 20.2 Å². The minimum absolute atomic E-state index is 0.253. The Morgan fingerprint density at radius 3 is 2.79 bits per heavy atom. The van der Waals surface area contributed by atoms with Crippen molar-refractivity contribution in [1.29, 1.82) is 0 Å². The van der Waals surface area contributed by atoms with Gasteiger partial charge in [0.05, 0.1) is 6.61 Å². The van der Waals surface area contributed by atoms with Crippen LogP contribution in [-0.4, -0.2) is 36.2 Å². The van der Waals surface area contributed by atoms with E-state index < -0.39 is 0 Å². The second-order valence-corrected chi connectivity index (χ2v) is 5.25. The molecule has 1 atom stereocenters. The van der Waals surface area contributed by atoms with E-state index in [4.69, 9.17) is 10.5 Å². The number of nitrogens with zero attached hydrogens (tertiary/aromatic N) is 1. The van der Waals surface area contributed by atoms with Crippen LogP contribution in [0.5, 0.6) is 11.5 Å². The molecule has 4 nitrogen and oxygen atoms in total. The molecule has 0 saturated heterocycles. The molecular weight excluding hydrogens is 240 g/mol. The molecule has 1 aromatic carbocycles. The molecule has 0 aliphatic heterocycles. The average Bonchev–Trinajstić information content (AvgIpc) is 3.20. The molecule has 106 valence electrons. The fourth-order valence-electron chi connectivity index (χ4n) is 2.57. The van der Waals surface area contributed by atoms with Gasteiger partial charge in [-0.1, -0.05) is 12.1 Å². The molecule has 1 aromatic rings. The van der Waals surface area contributed by atoms with Crippen molar-refractivity contribution in [1.82, 2.24) is 4.90 Å². The summed E-state index contributed by atoms with van der Waals surface area (Å²) in [6, 6.07) is 6.07. The number of benzene rings is 1. The van der Waals surface area contributed by atoms with Gasteiger partial charge in [-0.05, 0) is 38.8 Å². The molecule has 1 unspecified atom stereocenters. The lowest BCUT2D eigenvalue weighted by Gasteiger charge is -2.27. The van der Waals surface area contributed by atoms with Crippen molar-refractivity contribution >= 4 is 0 Å². The van der Waals surface area contributed by atoms with E-state index in [0.29, 0.717) is 31.5 Å². The minimum Gasteiger partial charge on any atom is -0.504 e.